The van der Waals surface area contributed by atoms with Crippen LogP contribution in [0.1, 0.15) is 52.7 Å². The Morgan fingerprint density at radius 2 is 1.98 bits per heavy atom. The summed E-state index contributed by atoms with van der Waals surface area (Å²) in [6.07, 6.45) is 1.88. The average molecular weight is 626 g/mol. The first-order valence-electron chi connectivity index (χ1n) is 13.4. The third-order valence-electron chi connectivity index (χ3n) is 7.00. The standard InChI is InChI=1S/C29H26F3N7O4S/c1-44(41,42)27-23(5-4-11-35-27)38(28(40)19-8-10-24(36-15-19)29(30,31)32)17-18-7-9-21(22(34)13-18)26-20(14-33)16-37-39(26)25-6-2-3-12-43-25/h4-5,7-11,13,15-16,25H,2-3,6,12,17,34H2,1H3. The number of anilines is 2. The van der Waals surface area contributed by atoms with E-state index in [0.29, 0.717) is 41.5 Å². The van der Waals surface area contributed by atoms with Crippen LogP contribution < -0.4 is 10.6 Å². The Morgan fingerprint density at radius 1 is 1.18 bits per heavy atom. The molecule has 5 rings (SSSR count). The number of nitriles is 1. The zero-order valence-corrected chi connectivity index (χ0v) is 24.1. The largest absolute Gasteiger partial charge is 0.433 e. The zero-order chi connectivity index (χ0) is 31.6. The highest BCUT2D eigenvalue weighted by molar-refractivity contribution is 7.90. The van der Waals surface area contributed by atoms with Crippen LogP contribution >= 0.6 is 0 Å². The molecule has 1 saturated heterocycles. The van der Waals surface area contributed by atoms with Crippen molar-refractivity contribution in [2.75, 3.05) is 23.5 Å². The molecule has 44 heavy (non-hydrogen) atoms. The van der Waals surface area contributed by atoms with E-state index in [1.165, 1.54) is 24.5 Å². The van der Waals surface area contributed by atoms with E-state index in [0.717, 1.165) is 36.3 Å². The van der Waals surface area contributed by atoms with Gasteiger partial charge in [0.25, 0.3) is 5.91 Å². The van der Waals surface area contributed by atoms with E-state index in [1.54, 1.807) is 22.9 Å². The molecule has 1 aromatic carbocycles. The van der Waals surface area contributed by atoms with Crippen molar-refractivity contribution in [1.82, 2.24) is 19.7 Å². The van der Waals surface area contributed by atoms with Gasteiger partial charge in [-0.05, 0) is 55.2 Å². The maximum atomic E-state index is 13.7. The minimum absolute atomic E-state index is 0.0816. The van der Waals surface area contributed by atoms with Crippen molar-refractivity contribution in [3.05, 3.63) is 83.4 Å². The predicted molar refractivity (Wildman–Crippen MR) is 153 cm³/mol. The number of hydrogen-bond acceptors (Lipinski definition) is 9. The first kappa shape index (κ1) is 30.6. The van der Waals surface area contributed by atoms with Crippen molar-refractivity contribution in [3.8, 4) is 17.3 Å². The second-order valence-corrected chi connectivity index (χ2v) is 12.1. The molecule has 0 aliphatic carbocycles. The quantitative estimate of drug-likeness (QED) is 0.286. The zero-order valence-electron chi connectivity index (χ0n) is 23.3. The fourth-order valence-electron chi connectivity index (χ4n) is 4.94. The van der Waals surface area contributed by atoms with Crippen LogP contribution in [-0.4, -0.2) is 46.9 Å². The summed E-state index contributed by atoms with van der Waals surface area (Å²) in [7, 11) is -3.93. The number of ether oxygens (including phenoxy) is 1. The summed E-state index contributed by atoms with van der Waals surface area (Å²) in [6.45, 7) is 0.330. The van der Waals surface area contributed by atoms with Crippen molar-refractivity contribution in [3.63, 3.8) is 0 Å². The fourth-order valence-corrected chi connectivity index (χ4v) is 5.75. The number of rotatable bonds is 7. The summed E-state index contributed by atoms with van der Waals surface area (Å²) < 4.78 is 71.9. The van der Waals surface area contributed by atoms with E-state index in [2.05, 4.69) is 21.1 Å². The van der Waals surface area contributed by atoms with Crippen molar-refractivity contribution in [2.24, 2.45) is 0 Å². The predicted octanol–water partition coefficient (Wildman–Crippen LogP) is 4.76. The lowest BCUT2D eigenvalue weighted by Crippen LogP contribution is -2.32. The maximum Gasteiger partial charge on any atom is 0.433 e. The smallest absolute Gasteiger partial charge is 0.398 e. The number of carbonyl (C=O) groups excluding carboxylic acids is 1. The van der Waals surface area contributed by atoms with Crippen LogP contribution in [-0.2, 0) is 27.3 Å². The van der Waals surface area contributed by atoms with Crippen LogP contribution in [0.25, 0.3) is 11.3 Å². The van der Waals surface area contributed by atoms with Gasteiger partial charge in [-0.2, -0.15) is 23.5 Å². The molecular formula is C29H26F3N7O4S. The Morgan fingerprint density at radius 3 is 2.59 bits per heavy atom. The number of nitrogens with two attached hydrogens (primary N) is 1. The monoisotopic (exact) mass is 625 g/mol. The Hall–Kier alpha value is -4.81. The van der Waals surface area contributed by atoms with Crippen molar-refractivity contribution in [1.29, 1.82) is 5.26 Å². The number of alkyl halides is 3. The molecule has 1 unspecified atom stereocenters. The normalized spacial score (nSPS) is 15.5. The lowest BCUT2D eigenvalue weighted by Gasteiger charge is -2.26. The Balaban J connectivity index is 1.55. The second-order valence-electron chi connectivity index (χ2n) is 10.1. The Labute approximate surface area is 250 Å². The molecule has 228 valence electrons. The summed E-state index contributed by atoms with van der Waals surface area (Å²) in [6, 6.07) is 11.4. The summed E-state index contributed by atoms with van der Waals surface area (Å²) in [5, 5.41) is 13.7. The first-order valence-corrected chi connectivity index (χ1v) is 15.3. The van der Waals surface area contributed by atoms with Crippen LogP contribution in [0.15, 0.2) is 66.1 Å². The van der Waals surface area contributed by atoms with Gasteiger partial charge in [-0.25, -0.2) is 18.1 Å². The number of nitrogen functional groups attached to an aromatic ring is 1. The molecule has 0 saturated carbocycles. The second kappa shape index (κ2) is 12.1. The fraction of sp³-hybridized carbons (Fsp3) is 0.276. The lowest BCUT2D eigenvalue weighted by molar-refractivity contribution is -0.141. The number of halogens is 3. The number of carbonyl (C=O) groups is 1. The van der Waals surface area contributed by atoms with Gasteiger partial charge in [0.1, 0.15) is 11.8 Å². The van der Waals surface area contributed by atoms with Crippen LogP contribution in [0.5, 0.6) is 0 Å². The maximum absolute atomic E-state index is 13.7. The highest BCUT2D eigenvalue weighted by Gasteiger charge is 2.33. The van der Waals surface area contributed by atoms with E-state index in [4.69, 9.17) is 10.5 Å². The topological polar surface area (TPSA) is 157 Å². The van der Waals surface area contributed by atoms with Crippen molar-refractivity contribution < 1.29 is 31.1 Å². The molecule has 15 heteroatoms. The lowest BCUT2D eigenvalue weighted by atomic mass is 10.0. The number of nitrogens with zero attached hydrogens (tertiary/aromatic N) is 6. The van der Waals surface area contributed by atoms with E-state index in [9.17, 15) is 31.6 Å². The third-order valence-corrected chi connectivity index (χ3v) is 8.01. The molecule has 0 radical (unpaired) electrons. The summed E-state index contributed by atoms with van der Waals surface area (Å²) >= 11 is 0. The first-order chi connectivity index (χ1) is 20.9. The molecule has 0 spiro atoms. The van der Waals surface area contributed by atoms with Gasteiger partial charge in [-0.15, -0.1) is 0 Å². The Bertz CT molecular complexity index is 1850. The molecule has 1 fully saturated rings. The molecule has 1 aliphatic heterocycles. The van der Waals surface area contributed by atoms with E-state index in [1.807, 2.05) is 0 Å². The van der Waals surface area contributed by atoms with Crippen LogP contribution in [0.2, 0.25) is 0 Å². The van der Waals surface area contributed by atoms with Gasteiger partial charge >= 0.3 is 6.18 Å². The highest BCUT2D eigenvalue weighted by Crippen LogP contribution is 2.35. The van der Waals surface area contributed by atoms with E-state index >= 15 is 0 Å². The highest BCUT2D eigenvalue weighted by atomic mass is 32.2. The molecule has 11 nitrogen and oxygen atoms in total. The number of sulfone groups is 1. The van der Waals surface area contributed by atoms with Gasteiger partial charge < -0.3 is 15.4 Å². The van der Waals surface area contributed by atoms with Gasteiger partial charge in [0.15, 0.2) is 21.1 Å². The molecule has 2 N–H and O–H groups in total. The molecule has 1 amide bonds. The third kappa shape index (κ3) is 6.26. The van der Waals surface area contributed by atoms with E-state index in [-0.39, 0.29) is 29.7 Å². The molecule has 4 heterocycles. The van der Waals surface area contributed by atoms with Crippen molar-refractivity contribution in [2.45, 2.75) is 43.2 Å². The summed E-state index contributed by atoms with van der Waals surface area (Å²) in [5.74, 6) is -0.814. The van der Waals surface area contributed by atoms with Crippen LogP contribution in [0, 0.1) is 11.3 Å². The van der Waals surface area contributed by atoms with Gasteiger partial charge in [0.2, 0.25) is 0 Å². The molecule has 1 aliphatic rings. The average Bonchev–Trinajstić information content (AvgIpc) is 3.43. The van der Waals surface area contributed by atoms with Crippen LogP contribution in [0.3, 0.4) is 0 Å². The molecule has 0 bridgehead atoms. The van der Waals surface area contributed by atoms with Gasteiger partial charge in [0.05, 0.1) is 35.2 Å². The minimum Gasteiger partial charge on any atom is -0.398 e. The summed E-state index contributed by atoms with van der Waals surface area (Å²) in [5.41, 5.74) is 6.97. The molecule has 3 aromatic heterocycles. The molecule has 4 aromatic rings. The number of amides is 1. The van der Waals surface area contributed by atoms with Crippen LogP contribution in [0.4, 0.5) is 24.5 Å². The van der Waals surface area contributed by atoms with Gasteiger partial charge in [-0.3, -0.25) is 9.78 Å². The van der Waals surface area contributed by atoms with Gasteiger partial charge in [-0.1, -0.05) is 12.1 Å². The van der Waals surface area contributed by atoms with Crippen molar-refractivity contribution >= 4 is 27.1 Å². The molecular weight excluding hydrogens is 599 g/mol. The SMILES string of the molecule is CS(=O)(=O)c1ncccc1N(Cc1ccc(-c2c(C#N)cnn2C2CCCCO2)c(N)c1)C(=O)c1ccc(C(F)(F)F)nc1. The minimum atomic E-state index is -4.71. The summed E-state index contributed by atoms with van der Waals surface area (Å²) in [4.78, 5) is 22.1. The Kier molecular flexibility index (Phi) is 8.40. The number of benzene rings is 1. The molecule has 1 atom stereocenters. The number of aromatic nitrogens is 4. The van der Waals surface area contributed by atoms with Gasteiger partial charge in [0, 0.05) is 36.5 Å². The number of hydrogen-bond donors (Lipinski definition) is 1. The van der Waals surface area contributed by atoms with E-state index < -0.39 is 32.6 Å². The number of pyridine rings is 2.